The summed E-state index contributed by atoms with van der Waals surface area (Å²) >= 11 is 6.03. The van der Waals surface area contributed by atoms with Crippen molar-refractivity contribution in [3.63, 3.8) is 0 Å². The molecule has 4 nitrogen and oxygen atoms in total. The van der Waals surface area contributed by atoms with Crippen molar-refractivity contribution in [1.82, 2.24) is 4.90 Å². The van der Waals surface area contributed by atoms with E-state index in [0.717, 1.165) is 19.3 Å². The first kappa shape index (κ1) is 19.2. The van der Waals surface area contributed by atoms with Gasteiger partial charge in [-0.1, -0.05) is 48.0 Å². The summed E-state index contributed by atoms with van der Waals surface area (Å²) in [5.41, 5.74) is 1.17. The zero-order valence-corrected chi connectivity index (χ0v) is 15.6. The third-order valence-electron chi connectivity index (χ3n) is 4.93. The van der Waals surface area contributed by atoms with Gasteiger partial charge >= 0.3 is 0 Å². The molecule has 2 aromatic rings. The summed E-state index contributed by atoms with van der Waals surface area (Å²) in [7, 11) is 0. The van der Waals surface area contributed by atoms with Crippen molar-refractivity contribution in [1.29, 1.82) is 0 Å². The van der Waals surface area contributed by atoms with E-state index in [9.17, 15) is 10.2 Å². The van der Waals surface area contributed by atoms with Crippen LogP contribution >= 0.6 is 11.6 Å². The van der Waals surface area contributed by atoms with Crippen molar-refractivity contribution < 1.29 is 14.9 Å². The van der Waals surface area contributed by atoms with E-state index in [0.29, 0.717) is 23.9 Å². The average Bonchev–Trinajstić information content (AvgIpc) is 2.64. The normalized spacial score (nSPS) is 23.2. The van der Waals surface area contributed by atoms with Crippen molar-refractivity contribution in [2.24, 2.45) is 0 Å². The Morgan fingerprint density at radius 1 is 1.08 bits per heavy atom. The highest BCUT2D eigenvalue weighted by atomic mass is 35.5. The van der Waals surface area contributed by atoms with Crippen molar-refractivity contribution in [2.45, 2.75) is 44.1 Å². The zero-order chi connectivity index (χ0) is 18.4. The second kappa shape index (κ2) is 9.38. The van der Waals surface area contributed by atoms with Crippen molar-refractivity contribution in [3.8, 4) is 5.75 Å². The van der Waals surface area contributed by atoms with Crippen LogP contribution in [-0.2, 0) is 6.54 Å². The minimum Gasteiger partial charge on any atom is -0.488 e. The summed E-state index contributed by atoms with van der Waals surface area (Å²) in [6.45, 7) is 1.30. The van der Waals surface area contributed by atoms with Gasteiger partial charge < -0.3 is 14.9 Å². The maximum atomic E-state index is 11.0. The Balaban J connectivity index is 1.70. The van der Waals surface area contributed by atoms with Gasteiger partial charge in [0.2, 0.25) is 0 Å². The van der Waals surface area contributed by atoms with Crippen LogP contribution in [-0.4, -0.2) is 46.5 Å². The van der Waals surface area contributed by atoms with Gasteiger partial charge in [-0.05, 0) is 43.0 Å². The number of rotatable bonds is 7. The molecule has 5 heteroatoms. The summed E-state index contributed by atoms with van der Waals surface area (Å²) in [6, 6.07) is 17.4. The molecule has 3 atom stereocenters. The first-order valence-corrected chi connectivity index (χ1v) is 9.54. The fourth-order valence-corrected chi connectivity index (χ4v) is 3.85. The zero-order valence-electron chi connectivity index (χ0n) is 14.8. The van der Waals surface area contributed by atoms with Gasteiger partial charge in [0.1, 0.15) is 18.0 Å². The number of benzene rings is 2. The van der Waals surface area contributed by atoms with Crippen LogP contribution in [0.2, 0.25) is 5.02 Å². The van der Waals surface area contributed by atoms with E-state index < -0.39 is 6.10 Å². The number of halogens is 1. The molecule has 1 aliphatic rings. The summed E-state index contributed by atoms with van der Waals surface area (Å²) in [4.78, 5) is 2.16. The van der Waals surface area contributed by atoms with Gasteiger partial charge in [-0.3, -0.25) is 4.90 Å². The fraction of sp³-hybridized carbons (Fsp3) is 0.429. The molecule has 0 amide bonds. The number of aliphatic hydroxyl groups excluding tert-OH is 2. The lowest BCUT2D eigenvalue weighted by atomic mass is 9.88. The molecular weight excluding hydrogens is 350 g/mol. The standard InChI is InChI=1S/C21H26ClNO3/c22-17-8-4-9-18(14-17)26-20-11-5-10-19(21(20)25)23(12-13-24)15-16-6-2-1-3-7-16/h1-4,6-9,14,19-21,24-25H,5,10-13,15H2/t19-,20+,21+/m0/s1. The molecule has 0 aromatic heterocycles. The summed E-state index contributed by atoms with van der Waals surface area (Å²) in [5, 5.41) is 21.1. The third kappa shape index (κ3) is 4.98. The Morgan fingerprint density at radius 3 is 2.62 bits per heavy atom. The van der Waals surface area contributed by atoms with Crippen LogP contribution in [0.25, 0.3) is 0 Å². The van der Waals surface area contributed by atoms with Crippen LogP contribution in [0.15, 0.2) is 54.6 Å². The van der Waals surface area contributed by atoms with Gasteiger partial charge in [-0.25, -0.2) is 0 Å². The smallest absolute Gasteiger partial charge is 0.126 e. The molecule has 0 heterocycles. The number of aliphatic hydroxyl groups is 2. The van der Waals surface area contributed by atoms with Crippen molar-refractivity contribution in [2.75, 3.05) is 13.2 Å². The molecule has 0 radical (unpaired) electrons. The largest absolute Gasteiger partial charge is 0.488 e. The van der Waals surface area contributed by atoms with Crippen LogP contribution in [0, 0.1) is 0 Å². The highest BCUT2D eigenvalue weighted by Gasteiger charge is 2.36. The molecule has 0 bridgehead atoms. The van der Waals surface area contributed by atoms with Crippen molar-refractivity contribution in [3.05, 3.63) is 65.2 Å². The van der Waals surface area contributed by atoms with E-state index in [4.69, 9.17) is 16.3 Å². The van der Waals surface area contributed by atoms with E-state index >= 15 is 0 Å². The Hall–Kier alpha value is -1.59. The molecule has 2 N–H and O–H groups in total. The predicted octanol–water partition coefficient (Wildman–Crippen LogP) is 3.50. The molecule has 2 aromatic carbocycles. The van der Waals surface area contributed by atoms with Gasteiger partial charge in [0.15, 0.2) is 0 Å². The predicted molar refractivity (Wildman–Crippen MR) is 103 cm³/mol. The number of hydrogen-bond acceptors (Lipinski definition) is 4. The van der Waals surface area contributed by atoms with E-state index in [1.165, 1.54) is 5.56 Å². The Labute approximate surface area is 160 Å². The van der Waals surface area contributed by atoms with Gasteiger partial charge in [0.25, 0.3) is 0 Å². The molecule has 1 aliphatic carbocycles. The molecule has 3 rings (SSSR count). The van der Waals surface area contributed by atoms with Gasteiger partial charge in [0.05, 0.1) is 6.61 Å². The fourth-order valence-electron chi connectivity index (χ4n) is 3.67. The average molecular weight is 376 g/mol. The third-order valence-corrected chi connectivity index (χ3v) is 5.17. The monoisotopic (exact) mass is 375 g/mol. The molecule has 0 saturated heterocycles. The summed E-state index contributed by atoms with van der Waals surface area (Å²) in [5.74, 6) is 0.680. The number of nitrogens with zero attached hydrogens (tertiary/aromatic N) is 1. The summed E-state index contributed by atoms with van der Waals surface area (Å²) < 4.78 is 6.03. The maximum absolute atomic E-state index is 11.0. The van der Waals surface area contributed by atoms with Gasteiger partial charge in [-0.15, -0.1) is 0 Å². The van der Waals surface area contributed by atoms with Crippen LogP contribution in [0.1, 0.15) is 24.8 Å². The lowest BCUT2D eigenvalue weighted by molar-refractivity contribution is -0.0586. The Morgan fingerprint density at radius 2 is 1.88 bits per heavy atom. The molecule has 0 aliphatic heterocycles. The second-order valence-electron chi connectivity index (χ2n) is 6.78. The highest BCUT2D eigenvalue weighted by molar-refractivity contribution is 6.30. The van der Waals surface area contributed by atoms with E-state index in [1.54, 1.807) is 12.1 Å². The SMILES string of the molecule is OCCN(Cc1ccccc1)[C@H]1CCC[C@@H](Oc2cccc(Cl)c2)[C@@H]1O. The molecule has 140 valence electrons. The molecular formula is C21H26ClNO3. The van der Waals surface area contributed by atoms with Gasteiger partial charge in [-0.2, -0.15) is 0 Å². The molecule has 0 unspecified atom stereocenters. The Bertz CT molecular complexity index is 682. The molecule has 1 fully saturated rings. The second-order valence-corrected chi connectivity index (χ2v) is 7.22. The molecule has 26 heavy (non-hydrogen) atoms. The summed E-state index contributed by atoms with van der Waals surface area (Å²) in [6.07, 6.45) is 1.79. The number of hydrogen-bond donors (Lipinski definition) is 2. The first-order valence-electron chi connectivity index (χ1n) is 9.16. The lowest BCUT2D eigenvalue weighted by Gasteiger charge is -2.41. The van der Waals surface area contributed by atoms with Crippen LogP contribution in [0.5, 0.6) is 5.75 Å². The lowest BCUT2D eigenvalue weighted by Crippen LogP contribution is -2.53. The van der Waals surface area contributed by atoms with E-state index in [2.05, 4.69) is 17.0 Å². The quantitative estimate of drug-likeness (QED) is 0.777. The Kier molecular flexibility index (Phi) is 6.92. The van der Waals surface area contributed by atoms with Crippen LogP contribution < -0.4 is 4.74 Å². The van der Waals surface area contributed by atoms with Crippen LogP contribution in [0.3, 0.4) is 0 Å². The van der Waals surface area contributed by atoms with Gasteiger partial charge in [0, 0.05) is 24.2 Å². The molecule has 0 spiro atoms. The highest BCUT2D eigenvalue weighted by Crippen LogP contribution is 2.29. The topological polar surface area (TPSA) is 52.9 Å². The van der Waals surface area contributed by atoms with E-state index in [1.807, 2.05) is 30.3 Å². The first-order chi connectivity index (χ1) is 12.7. The van der Waals surface area contributed by atoms with Crippen molar-refractivity contribution >= 4 is 11.6 Å². The van der Waals surface area contributed by atoms with Crippen LogP contribution in [0.4, 0.5) is 0 Å². The number of ether oxygens (including phenoxy) is 1. The minimum absolute atomic E-state index is 0.0414. The maximum Gasteiger partial charge on any atom is 0.126 e. The van der Waals surface area contributed by atoms with E-state index in [-0.39, 0.29) is 18.8 Å². The molecule has 1 saturated carbocycles. The minimum atomic E-state index is -0.613.